The summed E-state index contributed by atoms with van der Waals surface area (Å²) in [7, 11) is 0. The summed E-state index contributed by atoms with van der Waals surface area (Å²) in [5.41, 5.74) is 1.21. The maximum absolute atomic E-state index is 12.2. The SMILES string of the molecule is Cc1ccsc1C=CC(=O)N1CCCN(CCO)CC1. The number of thiophene rings is 1. The van der Waals surface area contributed by atoms with Gasteiger partial charge in [-0.2, -0.15) is 0 Å². The van der Waals surface area contributed by atoms with Crippen molar-refractivity contribution in [2.75, 3.05) is 39.3 Å². The Morgan fingerprint density at radius 3 is 2.95 bits per heavy atom. The van der Waals surface area contributed by atoms with E-state index in [2.05, 4.69) is 17.9 Å². The minimum absolute atomic E-state index is 0.0867. The van der Waals surface area contributed by atoms with E-state index in [1.165, 1.54) is 5.56 Å². The van der Waals surface area contributed by atoms with Gasteiger partial charge in [-0.25, -0.2) is 0 Å². The molecule has 1 saturated heterocycles. The first kappa shape index (κ1) is 15.2. The second-order valence-corrected chi connectivity index (χ2v) is 5.99. The first-order valence-corrected chi connectivity index (χ1v) is 7.93. The van der Waals surface area contributed by atoms with Gasteiger partial charge in [0.25, 0.3) is 0 Å². The number of nitrogens with zero attached hydrogens (tertiary/aromatic N) is 2. The van der Waals surface area contributed by atoms with Crippen molar-refractivity contribution in [2.45, 2.75) is 13.3 Å². The first-order valence-electron chi connectivity index (χ1n) is 7.05. The number of aryl methyl sites for hydroxylation is 1. The van der Waals surface area contributed by atoms with E-state index in [1.54, 1.807) is 17.4 Å². The van der Waals surface area contributed by atoms with E-state index in [4.69, 9.17) is 5.11 Å². The minimum Gasteiger partial charge on any atom is -0.395 e. The Morgan fingerprint density at radius 1 is 1.40 bits per heavy atom. The highest BCUT2D eigenvalue weighted by molar-refractivity contribution is 7.11. The van der Waals surface area contributed by atoms with E-state index in [-0.39, 0.29) is 12.5 Å². The van der Waals surface area contributed by atoms with Crippen LogP contribution in [0, 0.1) is 6.92 Å². The van der Waals surface area contributed by atoms with Crippen molar-refractivity contribution < 1.29 is 9.90 Å². The molecule has 0 radical (unpaired) electrons. The van der Waals surface area contributed by atoms with Gasteiger partial charge in [-0.05, 0) is 43.0 Å². The van der Waals surface area contributed by atoms with Crippen LogP contribution in [0.1, 0.15) is 16.9 Å². The fourth-order valence-corrected chi connectivity index (χ4v) is 3.18. The van der Waals surface area contributed by atoms with Crippen LogP contribution in [0.5, 0.6) is 0 Å². The minimum atomic E-state index is 0.0867. The Bertz CT molecular complexity index is 470. The monoisotopic (exact) mass is 294 g/mol. The number of carbonyl (C=O) groups is 1. The molecule has 0 unspecified atom stereocenters. The zero-order chi connectivity index (χ0) is 14.4. The van der Waals surface area contributed by atoms with Crippen molar-refractivity contribution in [3.8, 4) is 0 Å². The Labute approximate surface area is 124 Å². The highest BCUT2D eigenvalue weighted by atomic mass is 32.1. The summed E-state index contributed by atoms with van der Waals surface area (Å²) in [4.78, 5) is 17.5. The molecule has 0 spiro atoms. The topological polar surface area (TPSA) is 43.8 Å². The zero-order valence-corrected chi connectivity index (χ0v) is 12.7. The molecule has 2 heterocycles. The van der Waals surface area contributed by atoms with Gasteiger partial charge < -0.3 is 10.0 Å². The molecule has 1 aromatic rings. The number of amides is 1. The number of aliphatic hydroxyl groups excluding tert-OH is 1. The van der Waals surface area contributed by atoms with Crippen LogP contribution in [0.3, 0.4) is 0 Å². The fourth-order valence-electron chi connectivity index (χ4n) is 2.36. The quantitative estimate of drug-likeness (QED) is 0.858. The molecule has 0 saturated carbocycles. The number of rotatable bonds is 4. The van der Waals surface area contributed by atoms with Gasteiger partial charge in [-0.15, -0.1) is 11.3 Å². The van der Waals surface area contributed by atoms with E-state index < -0.39 is 0 Å². The lowest BCUT2D eigenvalue weighted by Crippen LogP contribution is -2.35. The van der Waals surface area contributed by atoms with E-state index in [0.29, 0.717) is 6.54 Å². The van der Waals surface area contributed by atoms with Gasteiger partial charge in [0.05, 0.1) is 6.61 Å². The van der Waals surface area contributed by atoms with Crippen molar-refractivity contribution in [3.05, 3.63) is 28.0 Å². The molecule has 110 valence electrons. The third-order valence-corrected chi connectivity index (χ3v) is 4.58. The molecule has 1 aliphatic rings. The Kier molecular flexibility index (Phi) is 5.76. The van der Waals surface area contributed by atoms with E-state index in [9.17, 15) is 4.79 Å². The van der Waals surface area contributed by atoms with E-state index in [1.807, 2.05) is 16.4 Å². The molecule has 0 bridgehead atoms. The van der Waals surface area contributed by atoms with Gasteiger partial charge in [0, 0.05) is 37.1 Å². The van der Waals surface area contributed by atoms with Crippen molar-refractivity contribution in [1.29, 1.82) is 0 Å². The van der Waals surface area contributed by atoms with Crippen LogP contribution >= 0.6 is 11.3 Å². The van der Waals surface area contributed by atoms with Crippen molar-refractivity contribution >= 4 is 23.3 Å². The number of hydrogen-bond acceptors (Lipinski definition) is 4. The predicted octanol–water partition coefficient (Wildman–Crippen LogP) is 1.60. The molecular formula is C15H22N2O2S. The molecule has 1 aliphatic heterocycles. The van der Waals surface area contributed by atoms with Crippen LogP contribution in [-0.2, 0) is 4.79 Å². The standard InChI is InChI=1S/C15H22N2O2S/c1-13-5-12-20-14(13)3-4-15(19)17-7-2-6-16(8-9-17)10-11-18/h3-5,12,18H,2,6-11H2,1H3. The normalized spacial score (nSPS) is 17.6. The Balaban J connectivity index is 1.89. The van der Waals surface area contributed by atoms with Crippen LogP contribution in [0.4, 0.5) is 0 Å². The summed E-state index contributed by atoms with van der Waals surface area (Å²) in [6.07, 6.45) is 4.57. The molecular weight excluding hydrogens is 272 g/mol. The molecule has 1 amide bonds. The smallest absolute Gasteiger partial charge is 0.246 e. The van der Waals surface area contributed by atoms with E-state index >= 15 is 0 Å². The Hall–Kier alpha value is -1.17. The molecule has 0 aromatic carbocycles. The van der Waals surface area contributed by atoms with Gasteiger partial charge in [-0.1, -0.05) is 0 Å². The Morgan fingerprint density at radius 2 is 2.25 bits per heavy atom. The summed E-state index contributed by atoms with van der Waals surface area (Å²) in [5.74, 6) is 0.0867. The van der Waals surface area contributed by atoms with Crippen molar-refractivity contribution in [2.24, 2.45) is 0 Å². The summed E-state index contributed by atoms with van der Waals surface area (Å²) in [5, 5.41) is 11.0. The molecule has 0 atom stereocenters. The lowest BCUT2D eigenvalue weighted by molar-refractivity contribution is -0.125. The highest BCUT2D eigenvalue weighted by Crippen LogP contribution is 2.17. The second kappa shape index (κ2) is 7.57. The largest absolute Gasteiger partial charge is 0.395 e. The summed E-state index contributed by atoms with van der Waals surface area (Å²) >= 11 is 1.66. The average Bonchev–Trinajstić information content (AvgIpc) is 2.71. The van der Waals surface area contributed by atoms with Crippen molar-refractivity contribution in [3.63, 3.8) is 0 Å². The number of β-amino-alcohol motifs (C(OH)–C–C–N with tert-alkyl or cyclic N) is 1. The molecule has 4 nitrogen and oxygen atoms in total. The number of carbonyl (C=O) groups excluding carboxylic acids is 1. The fraction of sp³-hybridized carbons (Fsp3) is 0.533. The molecule has 1 N–H and O–H groups in total. The zero-order valence-electron chi connectivity index (χ0n) is 11.9. The van der Waals surface area contributed by atoms with Crippen LogP contribution in [0.25, 0.3) is 6.08 Å². The lowest BCUT2D eigenvalue weighted by Gasteiger charge is -2.20. The summed E-state index contributed by atoms with van der Waals surface area (Å²) in [6.45, 7) is 6.29. The maximum Gasteiger partial charge on any atom is 0.246 e. The third kappa shape index (κ3) is 4.16. The van der Waals surface area contributed by atoms with Gasteiger partial charge in [0.1, 0.15) is 0 Å². The molecule has 2 rings (SSSR count). The predicted molar refractivity (Wildman–Crippen MR) is 82.8 cm³/mol. The second-order valence-electron chi connectivity index (χ2n) is 5.05. The molecule has 0 aliphatic carbocycles. The van der Waals surface area contributed by atoms with Gasteiger partial charge >= 0.3 is 0 Å². The van der Waals surface area contributed by atoms with Gasteiger partial charge in [0.15, 0.2) is 0 Å². The number of hydrogen-bond donors (Lipinski definition) is 1. The number of aliphatic hydroxyl groups is 1. The molecule has 20 heavy (non-hydrogen) atoms. The summed E-state index contributed by atoms with van der Waals surface area (Å²) in [6, 6.07) is 2.06. The van der Waals surface area contributed by atoms with Gasteiger partial charge in [-0.3, -0.25) is 9.69 Å². The maximum atomic E-state index is 12.2. The molecule has 5 heteroatoms. The highest BCUT2D eigenvalue weighted by Gasteiger charge is 2.16. The van der Waals surface area contributed by atoms with Crippen LogP contribution in [0.15, 0.2) is 17.5 Å². The molecule has 1 fully saturated rings. The van der Waals surface area contributed by atoms with Crippen LogP contribution < -0.4 is 0 Å². The van der Waals surface area contributed by atoms with Crippen LogP contribution in [0.2, 0.25) is 0 Å². The average molecular weight is 294 g/mol. The summed E-state index contributed by atoms with van der Waals surface area (Å²) < 4.78 is 0. The van der Waals surface area contributed by atoms with Crippen LogP contribution in [-0.4, -0.2) is 60.1 Å². The third-order valence-electron chi connectivity index (χ3n) is 3.60. The molecule has 1 aromatic heterocycles. The first-order chi connectivity index (χ1) is 9.70. The lowest BCUT2D eigenvalue weighted by atomic mass is 10.2. The van der Waals surface area contributed by atoms with Gasteiger partial charge in [0.2, 0.25) is 5.91 Å². The van der Waals surface area contributed by atoms with E-state index in [0.717, 1.165) is 37.5 Å². The van der Waals surface area contributed by atoms with Crippen molar-refractivity contribution in [1.82, 2.24) is 9.80 Å².